The molecule has 0 radical (unpaired) electrons. The van der Waals surface area contributed by atoms with Gasteiger partial charge in [-0.25, -0.2) is 9.97 Å². The van der Waals surface area contributed by atoms with Crippen LogP contribution in [0.25, 0.3) is 11.3 Å². The molecule has 0 bridgehead atoms. The largest absolute Gasteiger partial charge is 0.340 e. The number of amides is 1. The Bertz CT molecular complexity index is 816. The van der Waals surface area contributed by atoms with Crippen molar-refractivity contribution in [2.45, 2.75) is 13.3 Å². The molecule has 1 aromatic heterocycles. The summed E-state index contributed by atoms with van der Waals surface area (Å²) in [5.74, 6) is 0.716. The molecule has 1 amide bonds. The number of rotatable bonds is 5. The van der Waals surface area contributed by atoms with Gasteiger partial charge in [-0.05, 0) is 24.3 Å². The van der Waals surface area contributed by atoms with E-state index < -0.39 is 0 Å². The molecule has 5 heteroatoms. The lowest BCUT2D eigenvalue weighted by atomic mass is 10.1. The van der Waals surface area contributed by atoms with Crippen LogP contribution in [0.5, 0.6) is 0 Å². The number of hydrogen-bond donors (Lipinski definition) is 2. The van der Waals surface area contributed by atoms with Gasteiger partial charge in [0.25, 0.3) is 0 Å². The van der Waals surface area contributed by atoms with Gasteiger partial charge in [-0.3, -0.25) is 4.79 Å². The molecule has 2 aromatic carbocycles. The summed E-state index contributed by atoms with van der Waals surface area (Å²) in [6, 6.07) is 19.4. The first kappa shape index (κ1) is 15.7. The van der Waals surface area contributed by atoms with Crippen LogP contribution < -0.4 is 10.6 Å². The number of anilines is 3. The zero-order valence-corrected chi connectivity index (χ0v) is 13.4. The van der Waals surface area contributed by atoms with Crippen molar-refractivity contribution in [3.63, 3.8) is 0 Å². The number of aromatic nitrogens is 2. The first-order valence-corrected chi connectivity index (χ1v) is 7.79. The fourth-order valence-corrected chi connectivity index (χ4v) is 2.23. The number of nitrogens with zero attached hydrogens (tertiary/aromatic N) is 2. The van der Waals surface area contributed by atoms with Crippen LogP contribution >= 0.6 is 0 Å². The van der Waals surface area contributed by atoms with E-state index in [1.807, 2.05) is 67.6 Å². The van der Waals surface area contributed by atoms with Gasteiger partial charge in [-0.15, -0.1) is 0 Å². The molecule has 0 saturated heterocycles. The van der Waals surface area contributed by atoms with Gasteiger partial charge in [-0.2, -0.15) is 0 Å². The molecule has 0 aliphatic heterocycles. The maximum Gasteiger partial charge on any atom is 0.224 e. The Labute approximate surface area is 140 Å². The molecule has 0 spiro atoms. The van der Waals surface area contributed by atoms with Gasteiger partial charge >= 0.3 is 0 Å². The highest BCUT2D eigenvalue weighted by atomic mass is 16.1. The molecule has 0 fully saturated rings. The number of benzene rings is 2. The molecule has 0 unspecified atom stereocenters. The predicted octanol–water partition coefficient (Wildman–Crippen LogP) is 4.24. The molecule has 2 N–H and O–H groups in total. The van der Waals surface area contributed by atoms with Crippen molar-refractivity contribution in [2.75, 3.05) is 10.6 Å². The number of nitrogens with one attached hydrogen (secondary N) is 2. The number of carbonyl (C=O) groups excluding carboxylic acids is 1. The van der Waals surface area contributed by atoms with E-state index in [9.17, 15) is 4.79 Å². The van der Waals surface area contributed by atoms with Crippen LogP contribution in [-0.2, 0) is 4.79 Å². The van der Waals surface area contributed by atoms with Gasteiger partial charge in [0.15, 0.2) is 0 Å². The van der Waals surface area contributed by atoms with Crippen LogP contribution in [0.4, 0.5) is 17.2 Å². The van der Waals surface area contributed by atoms with Gasteiger partial charge in [0, 0.05) is 29.4 Å². The average Bonchev–Trinajstić information content (AvgIpc) is 2.64. The molecular formula is C19H18N4O. The molecular weight excluding hydrogens is 300 g/mol. The van der Waals surface area contributed by atoms with Crippen LogP contribution in [-0.4, -0.2) is 15.9 Å². The second-order valence-corrected chi connectivity index (χ2v) is 5.26. The zero-order valence-electron chi connectivity index (χ0n) is 13.4. The third kappa shape index (κ3) is 3.95. The first-order chi connectivity index (χ1) is 11.7. The predicted molar refractivity (Wildman–Crippen MR) is 96.1 cm³/mol. The first-order valence-electron chi connectivity index (χ1n) is 7.79. The van der Waals surface area contributed by atoms with E-state index in [1.165, 1.54) is 0 Å². The van der Waals surface area contributed by atoms with E-state index in [-0.39, 0.29) is 5.91 Å². The molecule has 0 aliphatic rings. The number of hydrogen-bond acceptors (Lipinski definition) is 4. The van der Waals surface area contributed by atoms with E-state index in [4.69, 9.17) is 0 Å². The maximum absolute atomic E-state index is 11.4. The molecule has 0 saturated carbocycles. The molecule has 120 valence electrons. The fraction of sp³-hybridized carbons (Fsp3) is 0.105. The Morgan fingerprint density at radius 2 is 1.67 bits per heavy atom. The van der Waals surface area contributed by atoms with Crippen molar-refractivity contribution in [1.29, 1.82) is 0 Å². The van der Waals surface area contributed by atoms with E-state index in [2.05, 4.69) is 20.6 Å². The van der Waals surface area contributed by atoms with Gasteiger partial charge in [0.1, 0.15) is 12.1 Å². The molecule has 0 atom stereocenters. The highest BCUT2D eigenvalue weighted by Crippen LogP contribution is 2.21. The van der Waals surface area contributed by atoms with E-state index in [0.717, 1.165) is 22.6 Å². The Morgan fingerprint density at radius 1 is 0.958 bits per heavy atom. The average molecular weight is 318 g/mol. The van der Waals surface area contributed by atoms with Crippen LogP contribution in [0, 0.1) is 0 Å². The molecule has 1 heterocycles. The van der Waals surface area contributed by atoms with Crippen molar-refractivity contribution < 1.29 is 4.79 Å². The molecule has 24 heavy (non-hydrogen) atoms. The van der Waals surface area contributed by atoms with E-state index >= 15 is 0 Å². The summed E-state index contributed by atoms with van der Waals surface area (Å²) in [5.41, 5.74) is 3.57. The fourth-order valence-electron chi connectivity index (χ4n) is 2.23. The minimum atomic E-state index is -0.000914. The van der Waals surface area contributed by atoms with E-state index in [0.29, 0.717) is 12.2 Å². The summed E-state index contributed by atoms with van der Waals surface area (Å²) in [5, 5.41) is 6.07. The molecule has 5 nitrogen and oxygen atoms in total. The Balaban J connectivity index is 1.73. The monoisotopic (exact) mass is 318 g/mol. The standard InChI is InChI=1S/C19H18N4O/c1-2-19(24)23-16-10-8-15(9-11-16)22-18-12-17(20-13-21-18)14-6-4-3-5-7-14/h3-13H,2H2,1H3,(H,23,24)(H,20,21,22). The second kappa shape index (κ2) is 7.37. The molecule has 3 rings (SSSR count). The summed E-state index contributed by atoms with van der Waals surface area (Å²) in [6.45, 7) is 1.82. The lowest BCUT2D eigenvalue weighted by molar-refractivity contribution is -0.115. The van der Waals surface area contributed by atoms with Crippen molar-refractivity contribution in [2.24, 2.45) is 0 Å². The van der Waals surface area contributed by atoms with Gasteiger partial charge in [-0.1, -0.05) is 37.3 Å². The molecule has 3 aromatic rings. The topological polar surface area (TPSA) is 66.9 Å². The SMILES string of the molecule is CCC(=O)Nc1ccc(Nc2cc(-c3ccccc3)ncn2)cc1. The van der Waals surface area contributed by atoms with E-state index in [1.54, 1.807) is 6.33 Å². The summed E-state index contributed by atoms with van der Waals surface area (Å²) < 4.78 is 0. The highest BCUT2D eigenvalue weighted by molar-refractivity contribution is 5.90. The second-order valence-electron chi connectivity index (χ2n) is 5.26. The third-order valence-corrected chi connectivity index (χ3v) is 3.50. The molecule has 0 aliphatic carbocycles. The van der Waals surface area contributed by atoms with Crippen molar-refractivity contribution >= 4 is 23.1 Å². The minimum Gasteiger partial charge on any atom is -0.340 e. The van der Waals surface area contributed by atoms with Crippen molar-refractivity contribution in [3.05, 3.63) is 67.0 Å². The lowest BCUT2D eigenvalue weighted by Crippen LogP contribution is -2.09. The highest BCUT2D eigenvalue weighted by Gasteiger charge is 2.03. The Kier molecular flexibility index (Phi) is 4.81. The summed E-state index contributed by atoms with van der Waals surface area (Å²) in [6.07, 6.45) is 2.00. The van der Waals surface area contributed by atoms with Crippen LogP contribution in [0.2, 0.25) is 0 Å². The van der Waals surface area contributed by atoms with Crippen LogP contribution in [0.3, 0.4) is 0 Å². The van der Waals surface area contributed by atoms with Crippen LogP contribution in [0.15, 0.2) is 67.0 Å². The quantitative estimate of drug-likeness (QED) is 0.738. The maximum atomic E-state index is 11.4. The Hall–Kier alpha value is -3.21. The van der Waals surface area contributed by atoms with Gasteiger partial charge in [0.05, 0.1) is 5.69 Å². The van der Waals surface area contributed by atoms with Crippen molar-refractivity contribution in [3.8, 4) is 11.3 Å². The lowest BCUT2D eigenvalue weighted by Gasteiger charge is -2.08. The normalized spacial score (nSPS) is 10.2. The van der Waals surface area contributed by atoms with Crippen molar-refractivity contribution in [1.82, 2.24) is 9.97 Å². The van der Waals surface area contributed by atoms with Gasteiger partial charge in [0.2, 0.25) is 5.91 Å². The summed E-state index contributed by atoms with van der Waals surface area (Å²) in [7, 11) is 0. The summed E-state index contributed by atoms with van der Waals surface area (Å²) >= 11 is 0. The Morgan fingerprint density at radius 3 is 2.38 bits per heavy atom. The van der Waals surface area contributed by atoms with Gasteiger partial charge < -0.3 is 10.6 Å². The zero-order chi connectivity index (χ0) is 16.8. The third-order valence-electron chi connectivity index (χ3n) is 3.50. The smallest absolute Gasteiger partial charge is 0.224 e. The number of carbonyl (C=O) groups is 1. The van der Waals surface area contributed by atoms with Crippen LogP contribution in [0.1, 0.15) is 13.3 Å². The minimum absolute atomic E-state index is 0.000914. The summed E-state index contributed by atoms with van der Waals surface area (Å²) in [4.78, 5) is 19.9.